The summed E-state index contributed by atoms with van der Waals surface area (Å²) in [6.07, 6.45) is 1.82. The monoisotopic (exact) mass is 229 g/mol. The van der Waals surface area contributed by atoms with Crippen molar-refractivity contribution in [3.05, 3.63) is 46.6 Å². The molecule has 3 nitrogen and oxygen atoms in total. The van der Waals surface area contributed by atoms with Crippen molar-refractivity contribution in [3.8, 4) is 0 Å². The molecule has 3 heteroatoms. The summed E-state index contributed by atoms with van der Waals surface area (Å²) < 4.78 is 1.89. The Bertz CT molecular complexity index is 540. The quantitative estimate of drug-likeness (QED) is 0.860. The minimum atomic E-state index is 0.170. The van der Waals surface area contributed by atoms with Gasteiger partial charge in [0.15, 0.2) is 0 Å². The molecule has 1 heterocycles. The first kappa shape index (κ1) is 11.7. The summed E-state index contributed by atoms with van der Waals surface area (Å²) in [5, 5.41) is 4.35. The molecule has 0 spiro atoms. The van der Waals surface area contributed by atoms with Crippen LogP contribution < -0.4 is 5.73 Å². The van der Waals surface area contributed by atoms with Crippen LogP contribution in [-0.2, 0) is 0 Å². The maximum atomic E-state index is 6.03. The van der Waals surface area contributed by atoms with E-state index in [-0.39, 0.29) is 6.04 Å². The third kappa shape index (κ3) is 2.05. The zero-order valence-corrected chi connectivity index (χ0v) is 10.9. The minimum Gasteiger partial charge on any atom is -0.384 e. The summed E-state index contributed by atoms with van der Waals surface area (Å²) in [6, 6.07) is 6.65. The first-order chi connectivity index (χ1) is 8.00. The Morgan fingerprint density at radius 2 is 1.88 bits per heavy atom. The van der Waals surface area contributed by atoms with E-state index in [0.717, 1.165) is 11.4 Å². The molecule has 1 unspecified atom stereocenters. The molecule has 2 rings (SSSR count). The van der Waals surface area contributed by atoms with E-state index in [1.807, 2.05) is 17.8 Å². The summed E-state index contributed by atoms with van der Waals surface area (Å²) in [6.45, 7) is 8.34. The Kier molecular flexibility index (Phi) is 2.92. The van der Waals surface area contributed by atoms with E-state index < -0.39 is 0 Å². The molecule has 1 atom stereocenters. The van der Waals surface area contributed by atoms with Gasteiger partial charge in [0, 0.05) is 5.56 Å². The second-order valence-electron chi connectivity index (χ2n) is 4.69. The molecular weight excluding hydrogens is 210 g/mol. The maximum absolute atomic E-state index is 6.03. The van der Waals surface area contributed by atoms with Crippen LogP contribution in [0.3, 0.4) is 0 Å². The predicted molar refractivity (Wildman–Crippen MR) is 71.1 cm³/mol. The molecule has 90 valence electrons. The highest BCUT2D eigenvalue weighted by Gasteiger charge is 2.14. The number of aromatic nitrogens is 2. The molecule has 0 amide bonds. The molecular formula is C14H19N3. The molecule has 0 aliphatic carbocycles. The van der Waals surface area contributed by atoms with Crippen LogP contribution in [-0.4, -0.2) is 9.78 Å². The van der Waals surface area contributed by atoms with Crippen LogP contribution in [0.5, 0.6) is 0 Å². The van der Waals surface area contributed by atoms with Crippen LogP contribution in [0, 0.1) is 20.8 Å². The lowest BCUT2D eigenvalue weighted by Gasteiger charge is -2.17. The largest absolute Gasteiger partial charge is 0.384 e. The smallest absolute Gasteiger partial charge is 0.125 e. The fraction of sp³-hybridized carbons (Fsp3) is 0.357. The normalized spacial score (nSPS) is 12.7. The summed E-state index contributed by atoms with van der Waals surface area (Å²) in [7, 11) is 0. The zero-order chi connectivity index (χ0) is 12.6. The molecule has 0 saturated carbocycles. The Labute approximate surface area is 102 Å². The Hall–Kier alpha value is -1.77. The van der Waals surface area contributed by atoms with Gasteiger partial charge in [-0.2, -0.15) is 5.10 Å². The van der Waals surface area contributed by atoms with Crippen molar-refractivity contribution in [2.75, 3.05) is 5.73 Å². The predicted octanol–water partition coefficient (Wildman–Crippen LogP) is 3.00. The second kappa shape index (κ2) is 4.24. The number of rotatable bonds is 2. The average molecular weight is 229 g/mol. The summed E-state index contributed by atoms with van der Waals surface area (Å²) in [5.74, 6) is 0.749. The fourth-order valence-electron chi connectivity index (χ4n) is 2.11. The van der Waals surface area contributed by atoms with Gasteiger partial charge >= 0.3 is 0 Å². The molecule has 17 heavy (non-hydrogen) atoms. The van der Waals surface area contributed by atoms with Crippen molar-refractivity contribution in [1.29, 1.82) is 0 Å². The lowest BCUT2D eigenvalue weighted by atomic mass is 10.00. The van der Waals surface area contributed by atoms with Crippen LogP contribution in [0.2, 0.25) is 0 Å². The number of nitrogens with two attached hydrogens (primary N) is 1. The maximum Gasteiger partial charge on any atom is 0.125 e. The number of nitrogen functional groups attached to an aromatic ring is 1. The Morgan fingerprint density at radius 3 is 2.47 bits per heavy atom. The Balaban J connectivity index is 2.47. The lowest BCUT2D eigenvalue weighted by Crippen LogP contribution is -2.13. The van der Waals surface area contributed by atoms with Gasteiger partial charge in [-0.1, -0.05) is 23.8 Å². The fourth-order valence-corrected chi connectivity index (χ4v) is 2.11. The van der Waals surface area contributed by atoms with Gasteiger partial charge in [-0.05, 0) is 38.8 Å². The first-order valence-corrected chi connectivity index (χ1v) is 5.87. The van der Waals surface area contributed by atoms with E-state index in [4.69, 9.17) is 5.73 Å². The van der Waals surface area contributed by atoms with E-state index in [2.05, 4.69) is 44.1 Å². The number of nitrogens with zero attached hydrogens (tertiary/aromatic N) is 2. The molecule has 1 aromatic heterocycles. The van der Waals surface area contributed by atoms with Gasteiger partial charge in [-0.25, -0.2) is 4.68 Å². The van der Waals surface area contributed by atoms with Crippen LogP contribution in [0.4, 0.5) is 5.82 Å². The van der Waals surface area contributed by atoms with Gasteiger partial charge in [0.1, 0.15) is 5.82 Å². The van der Waals surface area contributed by atoms with Gasteiger partial charge in [0.25, 0.3) is 0 Å². The first-order valence-electron chi connectivity index (χ1n) is 5.87. The van der Waals surface area contributed by atoms with Crippen LogP contribution >= 0.6 is 0 Å². The zero-order valence-electron chi connectivity index (χ0n) is 10.9. The molecule has 0 fully saturated rings. The number of benzene rings is 1. The van der Waals surface area contributed by atoms with Crippen molar-refractivity contribution in [1.82, 2.24) is 9.78 Å². The van der Waals surface area contributed by atoms with E-state index in [9.17, 15) is 0 Å². The highest BCUT2D eigenvalue weighted by atomic mass is 15.3. The SMILES string of the molecule is Cc1ccc(C)c(C(C)n2ncc(C)c2N)c1. The molecule has 1 aromatic carbocycles. The van der Waals surface area contributed by atoms with E-state index in [1.165, 1.54) is 16.7 Å². The van der Waals surface area contributed by atoms with Gasteiger partial charge in [0.2, 0.25) is 0 Å². The lowest BCUT2D eigenvalue weighted by molar-refractivity contribution is 0.570. The minimum absolute atomic E-state index is 0.170. The number of aryl methyl sites for hydroxylation is 3. The number of hydrogen-bond donors (Lipinski definition) is 1. The third-order valence-corrected chi connectivity index (χ3v) is 3.28. The summed E-state index contributed by atoms with van der Waals surface area (Å²) >= 11 is 0. The second-order valence-corrected chi connectivity index (χ2v) is 4.69. The van der Waals surface area contributed by atoms with Crippen molar-refractivity contribution in [2.24, 2.45) is 0 Å². The third-order valence-electron chi connectivity index (χ3n) is 3.28. The van der Waals surface area contributed by atoms with Crippen LogP contribution in [0.15, 0.2) is 24.4 Å². The molecule has 0 radical (unpaired) electrons. The summed E-state index contributed by atoms with van der Waals surface area (Å²) in [4.78, 5) is 0. The number of hydrogen-bond acceptors (Lipinski definition) is 2. The standard InChI is InChI=1S/C14H19N3/c1-9-5-6-10(2)13(7-9)12(4)17-14(15)11(3)8-16-17/h5-8,12H,15H2,1-4H3. The molecule has 0 aliphatic heterocycles. The highest BCUT2D eigenvalue weighted by molar-refractivity contribution is 5.40. The van der Waals surface area contributed by atoms with Gasteiger partial charge in [-0.15, -0.1) is 0 Å². The molecule has 0 aliphatic rings. The topological polar surface area (TPSA) is 43.8 Å². The van der Waals surface area contributed by atoms with E-state index in [1.54, 1.807) is 0 Å². The van der Waals surface area contributed by atoms with Crippen molar-refractivity contribution >= 4 is 5.82 Å². The Morgan fingerprint density at radius 1 is 1.18 bits per heavy atom. The highest BCUT2D eigenvalue weighted by Crippen LogP contribution is 2.25. The van der Waals surface area contributed by atoms with Gasteiger partial charge in [0.05, 0.1) is 12.2 Å². The molecule has 2 N–H and O–H groups in total. The summed E-state index contributed by atoms with van der Waals surface area (Å²) in [5.41, 5.74) is 10.9. The van der Waals surface area contributed by atoms with Crippen molar-refractivity contribution in [2.45, 2.75) is 33.7 Å². The molecule has 0 saturated heterocycles. The van der Waals surface area contributed by atoms with Crippen molar-refractivity contribution < 1.29 is 0 Å². The van der Waals surface area contributed by atoms with Gasteiger partial charge < -0.3 is 5.73 Å². The van der Waals surface area contributed by atoms with Crippen LogP contribution in [0.25, 0.3) is 0 Å². The van der Waals surface area contributed by atoms with Gasteiger partial charge in [-0.3, -0.25) is 0 Å². The van der Waals surface area contributed by atoms with Crippen molar-refractivity contribution in [3.63, 3.8) is 0 Å². The molecule has 2 aromatic rings. The molecule has 0 bridgehead atoms. The van der Waals surface area contributed by atoms with Crippen LogP contribution in [0.1, 0.15) is 35.2 Å². The van der Waals surface area contributed by atoms with E-state index in [0.29, 0.717) is 0 Å². The van der Waals surface area contributed by atoms with E-state index >= 15 is 0 Å². The average Bonchev–Trinajstić information content (AvgIpc) is 2.62. The number of anilines is 1.